The quantitative estimate of drug-likeness (QED) is 0.783. The Hall–Kier alpha value is -2.49. The zero-order valence-electron chi connectivity index (χ0n) is 11.1. The summed E-state index contributed by atoms with van der Waals surface area (Å²) in [6.45, 7) is 3.11. The van der Waals surface area contributed by atoms with E-state index in [-0.39, 0.29) is 34.3 Å². The van der Waals surface area contributed by atoms with Crippen molar-refractivity contribution in [2.24, 2.45) is 0 Å². The van der Waals surface area contributed by atoms with Gasteiger partial charge in [-0.25, -0.2) is 0 Å². The highest BCUT2D eigenvalue weighted by Gasteiger charge is 2.38. The Morgan fingerprint density at radius 2 is 1.70 bits per heavy atom. The van der Waals surface area contributed by atoms with Gasteiger partial charge in [-0.3, -0.25) is 14.4 Å². The van der Waals surface area contributed by atoms with Crippen molar-refractivity contribution < 1.29 is 19.1 Å². The first kappa shape index (κ1) is 12.5. The van der Waals surface area contributed by atoms with E-state index in [4.69, 9.17) is 4.74 Å². The van der Waals surface area contributed by atoms with Crippen LogP contribution in [0.5, 0.6) is 0 Å². The number of hydrogen-bond acceptors (Lipinski definition) is 4. The minimum atomic E-state index is -0.408. The lowest BCUT2D eigenvalue weighted by Crippen LogP contribution is -2.30. The van der Waals surface area contributed by atoms with E-state index in [9.17, 15) is 14.4 Å². The highest BCUT2D eigenvalue weighted by Crippen LogP contribution is 2.35. The first-order valence-corrected chi connectivity index (χ1v) is 6.33. The van der Waals surface area contributed by atoms with Crippen LogP contribution in [0.4, 0.5) is 0 Å². The molecule has 1 aromatic rings. The summed E-state index contributed by atoms with van der Waals surface area (Å²) in [6, 6.07) is 6.58. The number of carbonyl (C=O) groups is 3. The Labute approximate surface area is 115 Å². The van der Waals surface area contributed by atoms with Crippen molar-refractivity contribution in [2.75, 3.05) is 0 Å². The molecule has 0 N–H and O–H groups in total. The van der Waals surface area contributed by atoms with Crippen LogP contribution in [0.3, 0.4) is 0 Å². The minimum absolute atomic E-state index is 0.00565. The van der Waals surface area contributed by atoms with Gasteiger partial charge in [-0.05, 0) is 19.9 Å². The molecule has 1 aromatic carbocycles. The Kier molecular flexibility index (Phi) is 2.67. The first-order chi connectivity index (χ1) is 9.50. The van der Waals surface area contributed by atoms with Crippen LogP contribution in [-0.2, 0) is 9.53 Å². The lowest BCUT2D eigenvalue weighted by molar-refractivity contribution is -0.113. The Bertz CT molecular complexity index is 722. The molecular formula is C16H12O4. The molecule has 0 bridgehead atoms. The van der Waals surface area contributed by atoms with E-state index in [0.29, 0.717) is 11.1 Å². The molecule has 0 saturated heterocycles. The van der Waals surface area contributed by atoms with Crippen molar-refractivity contribution in [2.45, 2.75) is 20.0 Å². The molecule has 1 aliphatic carbocycles. The molecule has 0 fully saturated rings. The molecule has 0 saturated carbocycles. The van der Waals surface area contributed by atoms with E-state index in [2.05, 4.69) is 0 Å². The standard InChI is InChI=1S/C16H12O4/c1-8-7-12(9(2)17)13-14(18)10-5-3-4-6-11(10)15(19)16(13)20-8/h3-8H,1-2H3. The Morgan fingerprint density at radius 3 is 2.30 bits per heavy atom. The summed E-state index contributed by atoms with van der Waals surface area (Å²) in [5.74, 6) is -0.917. The normalized spacial score (nSPS) is 20.9. The predicted molar refractivity (Wildman–Crippen MR) is 71.4 cm³/mol. The minimum Gasteiger partial charge on any atom is -0.482 e. The predicted octanol–water partition coefficient (Wildman–Crippen LogP) is 2.25. The fourth-order valence-corrected chi connectivity index (χ4v) is 2.54. The summed E-state index contributed by atoms with van der Waals surface area (Å²) in [5, 5.41) is 0. The van der Waals surface area contributed by atoms with Crippen LogP contribution in [0.25, 0.3) is 0 Å². The van der Waals surface area contributed by atoms with Gasteiger partial charge in [0, 0.05) is 16.7 Å². The second-order valence-corrected chi connectivity index (χ2v) is 4.87. The summed E-state index contributed by atoms with van der Waals surface area (Å²) in [4.78, 5) is 36.7. The summed E-state index contributed by atoms with van der Waals surface area (Å²) in [7, 11) is 0. The summed E-state index contributed by atoms with van der Waals surface area (Å²) in [5.41, 5.74) is 1.01. The highest BCUT2D eigenvalue weighted by molar-refractivity contribution is 6.30. The fraction of sp³-hybridized carbons (Fsp3) is 0.188. The average molecular weight is 268 g/mol. The number of hydrogen-bond donors (Lipinski definition) is 0. The topological polar surface area (TPSA) is 60.4 Å². The Morgan fingerprint density at radius 1 is 1.10 bits per heavy atom. The Balaban J connectivity index is 2.26. The van der Waals surface area contributed by atoms with E-state index < -0.39 is 6.10 Å². The molecule has 100 valence electrons. The third kappa shape index (κ3) is 1.65. The number of allylic oxidation sites excluding steroid dienone is 3. The van der Waals surface area contributed by atoms with Gasteiger partial charge in [0.1, 0.15) is 6.10 Å². The maximum atomic E-state index is 12.5. The van der Waals surface area contributed by atoms with Gasteiger partial charge in [-0.15, -0.1) is 0 Å². The molecule has 1 heterocycles. The monoisotopic (exact) mass is 268 g/mol. The molecule has 1 aliphatic heterocycles. The molecule has 3 rings (SSSR count). The first-order valence-electron chi connectivity index (χ1n) is 6.33. The van der Waals surface area contributed by atoms with Gasteiger partial charge in [0.2, 0.25) is 5.78 Å². The van der Waals surface area contributed by atoms with Crippen molar-refractivity contribution >= 4 is 17.3 Å². The van der Waals surface area contributed by atoms with Crippen LogP contribution >= 0.6 is 0 Å². The van der Waals surface area contributed by atoms with E-state index in [1.807, 2.05) is 0 Å². The zero-order chi connectivity index (χ0) is 14.4. The molecule has 0 radical (unpaired) electrons. The summed E-state index contributed by atoms with van der Waals surface area (Å²) < 4.78 is 5.49. The zero-order valence-corrected chi connectivity index (χ0v) is 11.1. The maximum absolute atomic E-state index is 12.5. The van der Waals surface area contributed by atoms with Crippen LogP contribution in [0, 0.1) is 0 Å². The SMILES string of the molecule is CC(=O)C1=CC(C)OC2=C1C(=O)c1ccccc1C2=O. The van der Waals surface area contributed by atoms with Gasteiger partial charge in [-0.1, -0.05) is 24.3 Å². The van der Waals surface area contributed by atoms with E-state index >= 15 is 0 Å². The van der Waals surface area contributed by atoms with Gasteiger partial charge in [0.25, 0.3) is 0 Å². The van der Waals surface area contributed by atoms with Gasteiger partial charge >= 0.3 is 0 Å². The smallest absolute Gasteiger partial charge is 0.229 e. The van der Waals surface area contributed by atoms with Crippen LogP contribution in [0.2, 0.25) is 0 Å². The lowest BCUT2D eigenvalue weighted by Gasteiger charge is -2.27. The largest absolute Gasteiger partial charge is 0.482 e. The van der Waals surface area contributed by atoms with Crippen molar-refractivity contribution in [3.63, 3.8) is 0 Å². The van der Waals surface area contributed by atoms with Crippen LogP contribution < -0.4 is 0 Å². The number of carbonyl (C=O) groups excluding carboxylic acids is 3. The van der Waals surface area contributed by atoms with Gasteiger partial charge in [0.15, 0.2) is 17.3 Å². The molecule has 0 spiro atoms. The number of ketones is 3. The second-order valence-electron chi connectivity index (χ2n) is 4.87. The van der Waals surface area contributed by atoms with Gasteiger partial charge in [0.05, 0.1) is 5.57 Å². The lowest BCUT2D eigenvalue weighted by atomic mass is 9.82. The molecule has 4 heteroatoms. The fourth-order valence-electron chi connectivity index (χ4n) is 2.54. The number of Topliss-reactive ketones (excluding diaryl/α,β-unsaturated/α-hetero) is 3. The van der Waals surface area contributed by atoms with Crippen molar-refractivity contribution in [1.82, 2.24) is 0 Å². The average Bonchev–Trinajstić information content (AvgIpc) is 2.43. The van der Waals surface area contributed by atoms with E-state index in [0.717, 1.165) is 0 Å². The summed E-state index contributed by atoms with van der Waals surface area (Å²) >= 11 is 0. The van der Waals surface area contributed by atoms with E-state index in [1.165, 1.54) is 6.92 Å². The van der Waals surface area contributed by atoms with Gasteiger partial charge < -0.3 is 4.74 Å². The van der Waals surface area contributed by atoms with Crippen molar-refractivity contribution in [3.8, 4) is 0 Å². The number of benzene rings is 1. The third-order valence-corrected chi connectivity index (χ3v) is 3.43. The molecule has 1 atom stereocenters. The second kappa shape index (κ2) is 4.27. The van der Waals surface area contributed by atoms with Crippen LogP contribution in [-0.4, -0.2) is 23.5 Å². The highest BCUT2D eigenvalue weighted by atomic mass is 16.5. The van der Waals surface area contributed by atoms with Crippen LogP contribution in [0.15, 0.2) is 47.2 Å². The molecule has 0 aromatic heterocycles. The molecule has 20 heavy (non-hydrogen) atoms. The molecular weight excluding hydrogens is 256 g/mol. The number of fused-ring (bicyclic) bond motifs is 1. The maximum Gasteiger partial charge on any atom is 0.229 e. The van der Waals surface area contributed by atoms with Crippen molar-refractivity contribution in [3.05, 3.63) is 58.4 Å². The molecule has 0 amide bonds. The summed E-state index contributed by atoms with van der Waals surface area (Å²) in [6.07, 6.45) is 1.18. The number of rotatable bonds is 1. The van der Waals surface area contributed by atoms with Crippen LogP contribution in [0.1, 0.15) is 34.6 Å². The van der Waals surface area contributed by atoms with Crippen molar-refractivity contribution in [1.29, 1.82) is 0 Å². The van der Waals surface area contributed by atoms with E-state index in [1.54, 1.807) is 37.3 Å². The third-order valence-electron chi connectivity index (χ3n) is 3.43. The van der Waals surface area contributed by atoms with Gasteiger partial charge in [-0.2, -0.15) is 0 Å². The molecule has 1 unspecified atom stereocenters. The molecule has 4 nitrogen and oxygen atoms in total. The number of ether oxygens (including phenoxy) is 1. The molecule has 2 aliphatic rings.